The number of hydrogen-bond acceptors (Lipinski definition) is 5. The number of nitrogens with one attached hydrogen (secondary N) is 1. The molecule has 4 amide bonds. The first-order valence-corrected chi connectivity index (χ1v) is 10.1. The molecule has 1 aromatic carbocycles. The van der Waals surface area contributed by atoms with E-state index in [2.05, 4.69) is 5.32 Å². The smallest absolute Gasteiger partial charge is 0.335 e. The maximum atomic E-state index is 13.0. The van der Waals surface area contributed by atoms with Crippen LogP contribution in [0.25, 0.3) is 11.8 Å². The highest BCUT2D eigenvalue weighted by Crippen LogP contribution is 2.27. The lowest BCUT2D eigenvalue weighted by atomic mass is 10.1. The van der Waals surface area contributed by atoms with Gasteiger partial charge < -0.3 is 14.1 Å². The van der Waals surface area contributed by atoms with Gasteiger partial charge in [0.2, 0.25) is 0 Å². The molecule has 9 nitrogen and oxygen atoms in total. The molecule has 0 radical (unpaired) electrons. The summed E-state index contributed by atoms with van der Waals surface area (Å²) in [6, 6.07) is 9.09. The van der Waals surface area contributed by atoms with E-state index >= 15 is 0 Å². The average molecular weight is 447 g/mol. The van der Waals surface area contributed by atoms with Crippen LogP contribution in [0.3, 0.4) is 0 Å². The van der Waals surface area contributed by atoms with Crippen LogP contribution in [-0.2, 0) is 16.1 Å². The molecule has 168 valence electrons. The Morgan fingerprint density at radius 3 is 2.55 bits per heavy atom. The first kappa shape index (κ1) is 21.8. The van der Waals surface area contributed by atoms with Crippen molar-refractivity contribution in [1.82, 2.24) is 14.8 Å². The number of carbonyl (C=O) groups excluding carboxylic acids is 3. The number of nitrogens with zero attached hydrogens (tertiary/aromatic N) is 2. The molecule has 0 unspecified atom stereocenters. The van der Waals surface area contributed by atoms with Crippen LogP contribution in [0.15, 0.2) is 52.7 Å². The summed E-state index contributed by atoms with van der Waals surface area (Å²) in [5, 5.41) is 11.6. The SMILES string of the molecule is Cc1ccc(C(=O)O)cc1-n1c(C)cc(C=C2C(=O)NC(=O)N(Cc3ccco3)C2=O)c1C. The van der Waals surface area contributed by atoms with E-state index in [0.29, 0.717) is 22.7 Å². The number of amides is 4. The molecule has 2 aromatic heterocycles. The van der Waals surface area contributed by atoms with Crippen LogP contribution in [0.4, 0.5) is 4.79 Å². The lowest BCUT2D eigenvalue weighted by Gasteiger charge is -2.25. The van der Waals surface area contributed by atoms with E-state index in [9.17, 15) is 24.3 Å². The largest absolute Gasteiger partial charge is 0.478 e. The predicted molar refractivity (Wildman–Crippen MR) is 118 cm³/mol. The zero-order valence-electron chi connectivity index (χ0n) is 18.2. The lowest BCUT2D eigenvalue weighted by Crippen LogP contribution is -2.53. The Hall–Kier alpha value is -4.40. The molecular weight excluding hydrogens is 426 g/mol. The second kappa shape index (κ2) is 8.27. The number of benzene rings is 1. The van der Waals surface area contributed by atoms with Crippen LogP contribution in [0.1, 0.15) is 38.6 Å². The van der Waals surface area contributed by atoms with Crippen LogP contribution >= 0.6 is 0 Å². The molecule has 0 bridgehead atoms. The minimum absolute atomic E-state index is 0.109. The first-order valence-electron chi connectivity index (χ1n) is 10.1. The average Bonchev–Trinajstić information content (AvgIpc) is 3.36. The summed E-state index contributed by atoms with van der Waals surface area (Å²) in [4.78, 5) is 50.0. The molecule has 1 fully saturated rings. The van der Waals surface area contributed by atoms with Gasteiger partial charge in [-0.05, 0) is 68.3 Å². The zero-order valence-corrected chi connectivity index (χ0v) is 18.2. The fourth-order valence-electron chi connectivity index (χ4n) is 3.84. The number of carbonyl (C=O) groups is 4. The van der Waals surface area contributed by atoms with Gasteiger partial charge in [-0.15, -0.1) is 0 Å². The quantitative estimate of drug-likeness (QED) is 0.457. The second-order valence-corrected chi connectivity index (χ2v) is 7.76. The van der Waals surface area contributed by atoms with Gasteiger partial charge in [-0.1, -0.05) is 6.07 Å². The van der Waals surface area contributed by atoms with Crippen molar-refractivity contribution in [2.75, 3.05) is 0 Å². The molecule has 3 aromatic rings. The van der Waals surface area contributed by atoms with Crippen LogP contribution in [0.5, 0.6) is 0 Å². The van der Waals surface area contributed by atoms with Gasteiger partial charge in [0.25, 0.3) is 11.8 Å². The van der Waals surface area contributed by atoms with Crippen molar-refractivity contribution in [1.29, 1.82) is 0 Å². The standard InChI is InChI=1S/C24H21N3O6/c1-13-6-7-16(23(30)31)11-20(13)27-14(2)9-17(15(27)3)10-19-21(28)25-24(32)26(22(19)29)12-18-5-4-8-33-18/h4-11H,12H2,1-3H3,(H,30,31)(H,25,28,32). The minimum Gasteiger partial charge on any atom is -0.478 e. The van der Waals surface area contributed by atoms with Gasteiger partial charge >= 0.3 is 12.0 Å². The topological polar surface area (TPSA) is 122 Å². The third kappa shape index (κ3) is 3.96. The van der Waals surface area contributed by atoms with Gasteiger partial charge in [-0.3, -0.25) is 19.8 Å². The number of furan rings is 1. The minimum atomic E-state index is -1.04. The third-order valence-corrected chi connectivity index (χ3v) is 5.55. The van der Waals surface area contributed by atoms with Gasteiger partial charge in [0.15, 0.2) is 0 Å². The molecule has 1 aliphatic rings. The van der Waals surface area contributed by atoms with E-state index in [-0.39, 0.29) is 17.7 Å². The molecule has 1 aliphatic heterocycles. The number of aromatic carboxylic acids is 1. The number of carboxylic acid groups (broad SMARTS) is 1. The van der Waals surface area contributed by atoms with E-state index in [1.54, 1.807) is 30.3 Å². The summed E-state index contributed by atoms with van der Waals surface area (Å²) in [6.07, 6.45) is 2.87. The number of hydrogen-bond donors (Lipinski definition) is 2. The highest BCUT2D eigenvalue weighted by molar-refractivity contribution is 6.31. The second-order valence-electron chi connectivity index (χ2n) is 7.76. The highest BCUT2D eigenvalue weighted by Gasteiger charge is 2.36. The van der Waals surface area contributed by atoms with Gasteiger partial charge in [-0.25, -0.2) is 9.59 Å². The first-order chi connectivity index (χ1) is 15.7. The summed E-state index contributed by atoms with van der Waals surface area (Å²) >= 11 is 0. The zero-order chi connectivity index (χ0) is 23.9. The van der Waals surface area contributed by atoms with Crippen molar-refractivity contribution >= 4 is 29.9 Å². The van der Waals surface area contributed by atoms with Gasteiger partial charge in [-0.2, -0.15) is 0 Å². The van der Waals surface area contributed by atoms with Crippen molar-refractivity contribution < 1.29 is 28.7 Å². The lowest BCUT2D eigenvalue weighted by molar-refractivity contribution is -0.130. The summed E-state index contributed by atoms with van der Waals surface area (Å²) in [5.74, 6) is -2.14. The maximum Gasteiger partial charge on any atom is 0.335 e. The monoisotopic (exact) mass is 447 g/mol. The summed E-state index contributed by atoms with van der Waals surface area (Å²) in [5.41, 5.74) is 3.61. The highest BCUT2D eigenvalue weighted by atomic mass is 16.4. The van der Waals surface area contributed by atoms with Crippen molar-refractivity contribution in [2.45, 2.75) is 27.3 Å². The summed E-state index contributed by atoms with van der Waals surface area (Å²) in [6.45, 7) is 5.41. The van der Waals surface area contributed by atoms with Crippen LogP contribution in [0, 0.1) is 20.8 Å². The maximum absolute atomic E-state index is 13.0. The molecule has 3 heterocycles. The Bertz CT molecular complexity index is 1330. The van der Waals surface area contributed by atoms with E-state index in [4.69, 9.17) is 4.42 Å². The molecule has 1 saturated heterocycles. The van der Waals surface area contributed by atoms with E-state index in [0.717, 1.165) is 16.2 Å². The summed E-state index contributed by atoms with van der Waals surface area (Å²) < 4.78 is 7.08. The van der Waals surface area contributed by atoms with Crippen molar-refractivity contribution in [3.05, 3.63) is 82.1 Å². The number of aromatic nitrogens is 1. The number of aryl methyl sites for hydroxylation is 2. The Balaban J connectivity index is 1.74. The fraction of sp³-hybridized carbons (Fsp3) is 0.167. The van der Waals surface area contributed by atoms with E-state index in [1.165, 1.54) is 18.4 Å². The van der Waals surface area contributed by atoms with Crippen molar-refractivity contribution in [3.8, 4) is 5.69 Å². The third-order valence-electron chi connectivity index (χ3n) is 5.55. The molecule has 4 rings (SSSR count). The van der Waals surface area contributed by atoms with Crippen molar-refractivity contribution in [3.63, 3.8) is 0 Å². The molecule has 0 aliphatic carbocycles. The predicted octanol–water partition coefficient (Wildman–Crippen LogP) is 3.36. The van der Waals surface area contributed by atoms with Crippen molar-refractivity contribution in [2.24, 2.45) is 0 Å². The van der Waals surface area contributed by atoms with Crippen LogP contribution < -0.4 is 5.32 Å². The van der Waals surface area contributed by atoms with E-state index in [1.807, 2.05) is 25.3 Å². The Labute approximate surface area is 188 Å². The number of barbiturate groups is 1. The van der Waals surface area contributed by atoms with Gasteiger partial charge in [0.1, 0.15) is 11.3 Å². The molecule has 2 N–H and O–H groups in total. The Morgan fingerprint density at radius 1 is 1.12 bits per heavy atom. The summed E-state index contributed by atoms with van der Waals surface area (Å²) in [7, 11) is 0. The van der Waals surface area contributed by atoms with Gasteiger partial charge in [0.05, 0.1) is 18.4 Å². The molecular formula is C24H21N3O6. The normalized spacial score (nSPS) is 15.3. The molecule has 33 heavy (non-hydrogen) atoms. The molecule has 0 spiro atoms. The molecule has 9 heteroatoms. The Kier molecular flexibility index (Phi) is 5.47. The number of rotatable bonds is 5. The van der Waals surface area contributed by atoms with Crippen LogP contribution in [0.2, 0.25) is 0 Å². The van der Waals surface area contributed by atoms with Gasteiger partial charge in [0, 0.05) is 17.1 Å². The molecule has 0 atom stereocenters. The fourth-order valence-corrected chi connectivity index (χ4v) is 3.84. The van der Waals surface area contributed by atoms with Crippen LogP contribution in [-0.4, -0.2) is 38.4 Å². The number of urea groups is 1. The molecule has 0 saturated carbocycles. The Morgan fingerprint density at radius 2 is 1.88 bits per heavy atom. The number of carboxylic acids is 1. The number of imide groups is 2. The van der Waals surface area contributed by atoms with E-state index < -0.39 is 23.8 Å².